The Balaban J connectivity index is 4.18. The predicted molar refractivity (Wildman–Crippen MR) is 76.8 cm³/mol. The molecule has 5 nitrogen and oxygen atoms in total. The van der Waals surface area contributed by atoms with Gasteiger partial charge in [0.25, 0.3) is 10.2 Å². The zero-order chi connectivity index (χ0) is 14.2. The van der Waals surface area contributed by atoms with E-state index in [0.29, 0.717) is 12.5 Å². The van der Waals surface area contributed by atoms with Gasteiger partial charge in [0, 0.05) is 19.6 Å². The molecule has 0 rings (SSSR count). The summed E-state index contributed by atoms with van der Waals surface area (Å²) in [6.45, 7) is 10.4. The Morgan fingerprint density at radius 2 is 1.83 bits per heavy atom. The Morgan fingerprint density at radius 3 is 2.33 bits per heavy atom. The number of rotatable bonds is 10. The van der Waals surface area contributed by atoms with Gasteiger partial charge in [-0.1, -0.05) is 27.2 Å². The van der Waals surface area contributed by atoms with Gasteiger partial charge in [-0.05, 0) is 32.4 Å². The van der Waals surface area contributed by atoms with Crippen molar-refractivity contribution in [2.75, 3.05) is 26.7 Å². The van der Waals surface area contributed by atoms with Crippen LogP contribution < -0.4 is 10.0 Å². The number of hydrogen-bond acceptors (Lipinski definition) is 3. The topological polar surface area (TPSA) is 61.4 Å². The highest BCUT2D eigenvalue weighted by atomic mass is 32.2. The van der Waals surface area contributed by atoms with E-state index in [1.165, 1.54) is 4.31 Å². The van der Waals surface area contributed by atoms with Crippen LogP contribution >= 0.6 is 0 Å². The summed E-state index contributed by atoms with van der Waals surface area (Å²) in [5.41, 5.74) is 0. The fourth-order valence-corrected chi connectivity index (χ4v) is 2.77. The maximum absolute atomic E-state index is 12.0. The number of nitrogens with zero attached hydrogens (tertiary/aromatic N) is 1. The van der Waals surface area contributed by atoms with Crippen molar-refractivity contribution in [3.05, 3.63) is 0 Å². The molecule has 0 radical (unpaired) electrons. The van der Waals surface area contributed by atoms with E-state index < -0.39 is 10.2 Å². The second-order valence-electron chi connectivity index (χ2n) is 4.83. The van der Waals surface area contributed by atoms with Crippen molar-refractivity contribution in [2.24, 2.45) is 5.92 Å². The minimum Gasteiger partial charge on any atom is -0.317 e. The summed E-state index contributed by atoms with van der Waals surface area (Å²) in [4.78, 5) is 0. The van der Waals surface area contributed by atoms with Crippen molar-refractivity contribution >= 4 is 10.2 Å². The van der Waals surface area contributed by atoms with Crippen LogP contribution in [0, 0.1) is 5.92 Å². The minimum absolute atomic E-state index is 0.0313. The lowest BCUT2D eigenvalue weighted by molar-refractivity contribution is 0.400. The molecule has 0 aromatic carbocycles. The normalized spacial score (nSPS) is 15.9. The third-order valence-corrected chi connectivity index (χ3v) is 4.99. The third-order valence-electron chi connectivity index (χ3n) is 3.32. The van der Waals surface area contributed by atoms with E-state index in [2.05, 4.69) is 23.9 Å². The summed E-state index contributed by atoms with van der Waals surface area (Å²) in [5, 5.41) is 3.18. The van der Waals surface area contributed by atoms with E-state index in [9.17, 15) is 8.42 Å². The lowest BCUT2D eigenvalue weighted by atomic mass is 10.0. The molecule has 0 saturated carbocycles. The average molecular weight is 279 g/mol. The zero-order valence-corrected chi connectivity index (χ0v) is 13.2. The maximum Gasteiger partial charge on any atom is 0.279 e. The molecular weight excluding hydrogens is 250 g/mol. The highest BCUT2D eigenvalue weighted by Gasteiger charge is 2.21. The molecule has 0 spiro atoms. The molecular formula is C12H29N3O2S. The minimum atomic E-state index is -3.35. The summed E-state index contributed by atoms with van der Waals surface area (Å²) in [6, 6.07) is -0.0313. The van der Waals surface area contributed by atoms with Gasteiger partial charge in [-0.2, -0.15) is 17.4 Å². The van der Waals surface area contributed by atoms with Crippen LogP contribution in [0.3, 0.4) is 0 Å². The van der Waals surface area contributed by atoms with E-state index in [1.54, 1.807) is 7.05 Å². The molecule has 0 aromatic heterocycles. The lowest BCUT2D eigenvalue weighted by Gasteiger charge is -2.24. The zero-order valence-electron chi connectivity index (χ0n) is 12.4. The quantitative estimate of drug-likeness (QED) is 0.591. The molecule has 2 atom stereocenters. The van der Waals surface area contributed by atoms with Crippen molar-refractivity contribution in [1.29, 1.82) is 0 Å². The molecule has 0 aliphatic carbocycles. The maximum atomic E-state index is 12.0. The molecule has 0 heterocycles. The molecule has 0 bridgehead atoms. The van der Waals surface area contributed by atoms with Crippen LogP contribution in [0.2, 0.25) is 0 Å². The average Bonchev–Trinajstić information content (AvgIpc) is 2.32. The van der Waals surface area contributed by atoms with Gasteiger partial charge < -0.3 is 5.32 Å². The van der Waals surface area contributed by atoms with Crippen LogP contribution in [0.1, 0.15) is 40.5 Å². The summed E-state index contributed by atoms with van der Waals surface area (Å²) >= 11 is 0. The molecule has 0 aromatic rings. The van der Waals surface area contributed by atoms with Gasteiger partial charge in [-0.3, -0.25) is 0 Å². The molecule has 6 heteroatoms. The molecule has 0 fully saturated rings. The van der Waals surface area contributed by atoms with E-state index >= 15 is 0 Å². The largest absolute Gasteiger partial charge is 0.317 e. The highest BCUT2D eigenvalue weighted by molar-refractivity contribution is 7.87. The smallest absolute Gasteiger partial charge is 0.279 e. The Bertz CT molecular complexity index is 306. The molecule has 110 valence electrons. The van der Waals surface area contributed by atoms with Crippen molar-refractivity contribution in [1.82, 2.24) is 14.3 Å². The van der Waals surface area contributed by atoms with E-state index in [4.69, 9.17) is 0 Å². The summed E-state index contributed by atoms with van der Waals surface area (Å²) in [6.07, 6.45) is 1.79. The first-order valence-electron chi connectivity index (χ1n) is 6.79. The van der Waals surface area contributed by atoms with Crippen molar-refractivity contribution in [2.45, 2.75) is 46.6 Å². The van der Waals surface area contributed by atoms with E-state index in [0.717, 1.165) is 25.9 Å². The van der Waals surface area contributed by atoms with Crippen LogP contribution in [0.4, 0.5) is 0 Å². The van der Waals surface area contributed by atoms with Crippen LogP contribution in [0.25, 0.3) is 0 Å². The van der Waals surface area contributed by atoms with Crippen LogP contribution in [-0.4, -0.2) is 45.4 Å². The van der Waals surface area contributed by atoms with Gasteiger partial charge in [0.1, 0.15) is 0 Å². The summed E-state index contributed by atoms with van der Waals surface area (Å²) in [5.74, 6) is 0.343. The Morgan fingerprint density at radius 1 is 1.22 bits per heavy atom. The second kappa shape index (κ2) is 8.85. The van der Waals surface area contributed by atoms with Gasteiger partial charge in [-0.15, -0.1) is 0 Å². The summed E-state index contributed by atoms with van der Waals surface area (Å²) in [7, 11) is -1.72. The Labute approximate surface area is 113 Å². The molecule has 0 aliphatic heterocycles. The van der Waals surface area contributed by atoms with Crippen LogP contribution in [0.5, 0.6) is 0 Å². The third kappa shape index (κ3) is 6.68. The molecule has 2 N–H and O–H groups in total. The van der Waals surface area contributed by atoms with Gasteiger partial charge in [0.2, 0.25) is 0 Å². The monoisotopic (exact) mass is 279 g/mol. The van der Waals surface area contributed by atoms with Crippen LogP contribution in [-0.2, 0) is 10.2 Å². The Hall–Kier alpha value is -0.170. The second-order valence-corrected chi connectivity index (χ2v) is 6.63. The molecule has 2 unspecified atom stereocenters. The molecule has 0 saturated heterocycles. The van der Waals surface area contributed by atoms with Gasteiger partial charge in [0.15, 0.2) is 0 Å². The Kier molecular flexibility index (Phi) is 8.77. The SMILES string of the molecule is CCNCCCN(C)S(=O)(=O)NC(C)C(C)CC. The van der Waals surface area contributed by atoms with Crippen molar-refractivity contribution in [3.63, 3.8) is 0 Å². The standard InChI is InChI=1S/C12H29N3O2S/c1-6-11(3)12(4)14-18(16,17)15(5)10-8-9-13-7-2/h11-14H,6-10H2,1-5H3. The number of nitrogens with one attached hydrogen (secondary N) is 2. The van der Waals surface area contributed by atoms with Crippen molar-refractivity contribution < 1.29 is 8.42 Å². The van der Waals surface area contributed by atoms with E-state index in [1.807, 2.05) is 13.8 Å². The van der Waals surface area contributed by atoms with Crippen LogP contribution in [0.15, 0.2) is 0 Å². The summed E-state index contributed by atoms with van der Waals surface area (Å²) < 4.78 is 28.2. The lowest BCUT2D eigenvalue weighted by Crippen LogP contribution is -2.45. The number of hydrogen-bond donors (Lipinski definition) is 2. The fraction of sp³-hybridized carbons (Fsp3) is 1.00. The molecule has 18 heavy (non-hydrogen) atoms. The fourth-order valence-electron chi connectivity index (χ4n) is 1.52. The van der Waals surface area contributed by atoms with E-state index in [-0.39, 0.29) is 6.04 Å². The first kappa shape index (κ1) is 17.8. The predicted octanol–water partition coefficient (Wildman–Crippen LogP) is 1.19. The highest BCUT2D eigenvalue weighted by Crippen LogP contribution is 2.09. The molecule has 0 amide bonds. The first-order valence-corrected chi connectivity index (χ1v) is 8.23. The van der Waals surface area contributed by atoms with Gasteiger partial charge in [0.05, 0.1) is 0 Å². The van der Waals surface area contributed by atoms with Gasteiger partial charge >= 0.3 is 0 Å². The van der Waals surface area contributed by atoms with Crippen molar-refractivity contribution in [3.8, 4) is 0 Å². The first-order chi connectivity index (χ1) is 8.35. The van der Waals surface area contributed by atoms with Gasteiger partial charge in [-0.25, -0.2) is 0 Å². The molecule has 0 aliphatic rings.